The molecule has 56 valence electrons. The third kappa shape index (κ3) is 1.38. The third-order valence-corrected chi connectivity index (χ3v) is 1.86. The Kier molecular flexibility index (Phi) is 1.57. The molecule has 11 heavy (non-hydrogen) atoms. The average molecular weight is 166 g/mol. The molecule has 0 aliphatic carbocycles. The van der Waals surface area contributed by atoms with Crippen molar-refractivity contribution in [2.45, 2.75) is 0 Å². The van der Waals surface area contributed by atoms with Crippen LogP contribution >= 0.6 is 11.3 Å². The number of anilines is 2. The van der Waals surface area contributed by atoms with Crippen LogP contribution in [0.25, 0.3) is 0 Å². The first-order chi connectivity index (χ1) is 5.45. The number of H-pyrrole nitrogens is 1. The third-order valence-electron chi connectivity index (χ3n) is 1.17. The van der Waals surface area contributed by atoms with E-state index in [9.17, 15) is 0 Å². The SMILES string of the molecule is c1cc(Nc2nccs2)[nH]n1. The monoisotopic (exact) mass is 166 g/mol. The molecule has 2 N–H and O–H groups in total. The molecule has 5 heteroatoms. The van der Waals surface area contributed by atoms with E-state index in [0.717, 1.165) is 10.9 Å². The minimum atomic E-state index is 0.861. The predicted molar refractivity (Wildman–Crippen MR) is 44.0 cm³/mol. The highest BCUT2D eigenvalue weighted by atomic mass is 32.1. The zero-order chi connectivity index (χ0) is 7.52. The first-order valence-corrected chi connectivity index (χ1v) is 3.99. The van der Waals surface area contributed by atoms with Gasteiger partial charge >= 0.3 is 0 Å². The molecule has 0 bridgehead atoms. The van der Waals surface area contributed by atoms with E-state index in [4.69, 9.17) is 0 Å². The largest absolute Gasteiger partial charge is 0.317 e. The molecular formula is C6H6N4S. The summed E-state index contributed by atoms with van der Waals surface area (Å²) in [7, 11) is 0. The van der Waals surface area contributed by atoms with Crippen molar-refractivity contribution in [1.29, 1.82) is 0 Å². The molecule has 0 aliphatic heterocycles. The average Bonchev–Trinajstić information content (AvgIpc) is 2.60. The highest BCUT2D eigenvalue weighted by Gasteiger charge is 1.94. The molecule has 0 spiro atoms. The van der Waals surface area contributed by atoms with Crippen LogP contribution in [0.5, 0.6) is 0 Å². The first kappa shape index (κ1) is 6.36. The van der Waals surface area contributed by atoms with Gasteiger partial charge in [-0.3, -0.25) is 5.10 Å². The first-order valence-electron chi connectivity index (χ1n) is 3.11. The maximum Gasteiger partial charge on any atom is 0.188 e. The van der Waals surface area contributed by atoms with Crippen LogP contribution in [0.4, 0.5) is 10.9 Å². The van der Waals surface area contributed by atoms with E-state index >= 15 is 0 Å². The fraction of sp³-hybridized carbons (Fsp3) is 0. The zero-order valence-electron chi connectivity index (χ0n) is 5.61. The van der Waals surface area contributed by atoms with Gasteiger partial charge in [0, 0.05) is 17.6 Å². The summed E-state index contributed by atoms with van der Waals surface area (Å²) in [5, 5.41) is 12.4. The normalized spacial score (nSPS) is 9.82. The van der Waals surface area contributed by atoms with Gasteiger partial charge < -0.3 is 5.32 Å². The second-order valence-electron chi connectivity index (χ2n) is 1.93. The molecule has 0 amide bonds. The van der Waals surface area contributed by atoms with Crippen LogP contribution in [0.1, 0.15) is 0 Å². The Hall–Kier alpha value is -1.36. The summed E-state index contributed by atoms with van der Waals surface area (Å²) in [6, 6.07) is 1.85. The molecule has 2 heterocycles. The Balaban J connectivity index is 2.14. The molecule has 4 nitrogen and oxygen atoms in total. The van der Waals surface area contributed by atoms with Crippen LogP contribution < -0.4 is 5.32 Å². The molecule has 0 atom stereocenters. The Morgan fingerprint density at radius 1 is 1.45 bits per heavy atom. The van der Waals surface area contributed by atoms with Crippen molar-refractivity contribution in [1.82, 2.24) is 15.2 Å². The summed E-state index contributed by atoms with van der Waals surface area (Å²) in [6.45, 7) is 0. The van der Waals surface area contributed by atoms with Crippen LogP contribution in [-0.4, -0.2) is 15.2 Å². The van der Waals surface area contributed by atoms with E-state index in [-0.39, 0.29) is 0 Å². The lowest BCUT2D eigenvalue weighted by molar-refractivity contribution is 1.09. The molecule has 0 radical (unpaired) electrons. The topological polar surface area (TPSA) is 53.6 Å². The maximum atomic E-state index is 4.05. The summed E-state index contributed by atoms with van der Waals surface area (Å²) in [4.78, 5) is 4.05. The van der Waals surface area contributed by atoms with E-state index < -0.39 is 0 Å². The molecule has 0 fully saturated rings. The van der Waals surface area contributed by atoms with Crippen molar-refractivity contribution in [2.75, 3.05) is 5.32 Å². The molecule has 0 aromatic carbocycles. The van der Waals surface area contributed by atoms with Gasteiger partial charge in [0.1, 0.15) is 5.82 Å². The van der Waals surface area contributed by atoms with Crippen molar-refractivity contribution >= 4 is 22.3 Å². The van der Waals surface area contributed by atoms with Crippen LogP contribution in [0, 0.1) is 0 Å². The van der Waals surface area contributed by atoms with Crippen molar-refractivity contribution in [3.8, 4) is 0 Å². The lowest BCUT2D eigenvalue weighted by Crippen LogP contribution is -1.88. The molecule has 2 aromatic heterocycles. The molecule has 0 saturated heterocycles. The number of rotatable bonds is 2. The molecule has 2 rings (SSSR count). The number of thiazole rings is 1. The van der Waals surface area contributed by atoms with Gasteiger partial charge in [0.05, 0.1) is 6.20 Å². The van der Waals surface area contributed by atoms with Gasteiger partial charge in [-0.2, -0.15) is 5.10 Å². The molecule has 2 aromatic rings. The van der Waals surface area contributed by atoms with Crippen LogP contribution in [0.2, 0.25) is 0 Å². The molecule has 0 aliphatic rings. The van der Waals surface area contributed by atoms with Crippen molar-refractivity contribution in [2.24, 2.45) is 0 Å². The number of hydrogen-bond donors (Lipinski definition) is 2. The Morgan fingerprint density at radius 2 is 2.45 bits per heavy atom. The van der Waals surface area contributed by atoms with Gasteiger partial charge in [-0.1, -0.05) is 0 Å². The Bertz CT molecular complexity index is 267. The highest BCUT2D eigenvalue weighted by molar-refractivity contribution is 7.13. The number of aromatic amines is 1. The molecule has 0 unspecified atom stereocenters. The number of aromatic nitrogens is 3. The van der Waals surface area contributed by atoms with E-state index in [1.807, 2.05) is 11.4 Å². The number of nitrogens with zero attached hydrogens (tertiary/aromatic N) is 2. The molecular weight excluding hydrogens is 160 g/mol. The highest BCUT2D eigenvalue weighted by Crippen LogP contribution is 2.15. The maximum absolute atomic E-state index is 4.05. The van der Waals surface area contributed by atoms with Crippen LogP contribution in [-0.2, 0) is 0 Å². The lowest BCUT2D eigenvalue weighted by Gasteiger charge is -1.94. The van der Waals surface area contributed by atoms with E-state index in [1.54, 1.807) is 23.7 Å². The molecule has 0 saturated carbocycles. The second-order valence-corrected chi connectivity index (χ2v) is 2.83. The number of hydrogen-bond acceptors (Lipinski definition) is 4. The van der Waals surface area contributed by atoms with Crippen molar-refractivity contribution in [3.05, 3.63) is 23.8 Å². The van der Waals surface area contributed by atoms with E-state index in [0.29, 0.717) is 0 Å². The van der Waals surface area contributed by atoms with Crippen LogP contribution in [0.15, 0.2) is 23.8 Å². The van der Waals surface area contributed by atoms with Gasteiger partial charge in [0.25, 0.3) is 0 Å². The van der Waals surface area contributed by atoms with Gasteiger partial charge in [-0.05, 0) is 0 Å². The Labute approximate surface area is 67.3 Å². The fourth-order valence-corrected chi connectivity index (χ4v) is 1.27. The zero-order valence-corrected chi connectivity index (χ0v) is 6.43. The summed E-state index contributed by atoms with van der Waals surface area (Å²) in [5.41, 5.74) is 0. The smallest absolute Gasteiger partial charge is 0.188 e. The van der Waals surface area contributed by atoms with Gasteiger partial charge in [-0.25, -0.2) is 4.98 Å². The minimum absolute atomic E-state index is 0.861. The number of nitrogens with one attached hydrogen (secondary N) is 2. The van der Waals surface area contributed by atoms with Gasteiger partial charge in [0.15, 0.2) is 5.13 Å². The second kappa shape index (κ2) is 2.71. The van der Waals surface area contributed by atoms with Crippen LogP contribution in [0.3, 0.4) is 0 Å². The van der Waals surface area contributed by atoms with Gasteiger partial charge in [-0.15, -0.1) is 11.3 Å². The Morgan fingerprint density at radius 3 is 3.09 bits per heavy atom. The lowest BCUT2D eigenvalue weighted by atomic mass is 10.6. The van der Waals surface area contributed by atoms with E-state index in [1.165, 1.54) is 0 Å². The fourth-order valence-electron chi connectivity index (χ4n) is 0.726. The van der Waals surface area contributed by atoms with Gasteiger partial charge in [0.2, 0.25) is 0 Å². The van der Waals surface area contributed by atoms with Crippen molar-refractivity contribution < 1.29 is 0 Å². The predicted octanol–water partition coefficient (Wildman–Crippen LogP) is 1.61. The summed E-state index contributed by atoms with van der Waals surface area (Å²) in [6.07, 6.45) is 3.44. The summed E-state index contributed by atoms with van der Waals surface area (Å²) >= 11 is 1.55. The summed E-state index contributed by atoms with van der Waals surface area (Å²) < 4.78 is 0. The minimum Gasteiger partial charge on any atom is -0.317 e. The standard InChI is InChI=1S/C6H6N4S/c1-2-8-10-5(1)9-6-7-3-4-11-6/h1-4H,(H2,7,8,9,10). The quantitative estimate of drug-likeness (QED) is 0.712. The van der Waals surface area contributed by atoms with E-state index in [2.05, 4.69) is 20.5 Å². The van der Waals surface area contributed by atoms with Crippen molar-refractivity contribution in [3.63, 3.8) is 0 Å². The summed E-state index contributed by atoms with van der Waals surface area (Å²) in [5.74, 6) is 0.861.